The first-order valence-electron chi connectivity index (χ1n) is 5.05. The van der Waals surface area contributed by atoms with E-state index in [-0.39, 0.29) is 11.5 Å². The molecule has 0 saturated heterocycles. The van der Waals surface area contributed by atoms with Crippen molar-refractivity contribution in [3.63, 3.8) is 0 Å². The van der Waals surface area contributed by atoms with Gasteiger partial charge in [0, 0.05) is 12.3 Å². The number of aromatic nitrogens is 1. The zero-order valence-corrected chi connectivity index (χ0v) is 9.92. The van der Waals surface area contributed by atoms with Gasteiger partial charge in [-0.3, -0.25) is 4.79 Å². The maximum Gasteiger partial charge on any atom is 0.796 e. The number of nitrogens with one attached hydrogen (secondary N) is 1. The molecule has 0 saturated carbocycles. The summed E-state index contributed by atoms with van der Waals surface area (Å²) in [5, 5.41) is 1.74. The number of rotatable bonds is 5. The molecule has 0 aromatic carbocycles. The van der Waals surface area contributed by atoms with Gasteiger partial charge >= 0.3 is 7.47 Å². The van der Waals surface area contributed by atoms with E-state index in [1.54, 1.807) is 35.8 Å². The number of ketones is 1. The van der Waals surface area contributed by atoms with Crippen molar-refractivity contribution >= 4 is 30.3 Å². The first-order valence-corrected chi connectivity index (χ1v) is 5.93. The largest absolute Gasteiger partial charge is 0.796 e. The molecule has 0 aliphatic heterocycles. The van der Waals surface area contributed by atoms with Gasteiger partial charge in [-0.2, -0.15) is 0 Å². The zero-order valence-electron chi connectivity index (χ0n) is 9.10. The van der Waals surface area contributed by atoms with E-state index in [0.29, 0.717) is 10.6 Å². The van der Waals surface area contributed by atoms with Gasteiger partial charge in [-0.15, -0.1) is 11.3 Å². The minimum atomic E-state index is -2.98. The topological polar surface area (TPSA) is 42.1 Å². The van der Waals surface area contributed by atoms with Crippen molar-refractivity contribution in [2.24, 2.45) is 0 Å². The quantitative estimate of drug-likeness (QED) is 0.391. The van der Waals surface area contributed by atoms with Gasteiger partial charge in [0.15, 0.2) is 5.78 Å². The van der Waals surface area contributed by atoms with Crippen LogP contribution in [0.5, 0.6) is 0 Å². The van der Waals surface area contributed by atoms with Crippen LogP contribution in [-0.4, -0.2) is 18.2 Å². The van der Waals surface area contributed by atoms with Crippen LogP contribution in [0.1, 0.15) is 15.4 Å². The Morgan fingerprint density at radius 2 is 2.22 bits per heavy atom. The minimum absolute atomic E-state index is 0.173. The van der Waals surface area contributed by atoms with E-state index in [1.165, 1.54) is 11.3 Å². The SMILES string of the molecule is O=C(/C=C(/OB(F)F)c1ccc[nH]1)c1cccs1. The second kappa shape index (κ2) is 5.64. The van der Waals surface area contributed by atoms with Gasteiger partial charge in [0.1, 0.15) is 5.76 Å². The summed E-state index contributed by atoms with van der Waals surface area (Å²) in [7, 11) is -2.98. The third-order valence-electron chi connectivity index (χ3n) is 2.11. The molecule has 0 aliphatic rings. The van der Waals surface area contributed by atoms with E-state index in [4.69, 9.17) is 0 Å². The van der Waals surface area contributed by atoms with Crippen LogP contribution in [0, 0.1) is 0 Å². The predicted molar refractivity (Wildman–Crippen MR) is 66.5 cm³/mol. The Kier molecular flexibility index (Phi) is 3.94. The van der Waals surface area contributed by atoms with Gasteiger partial charge in [0.25, 0.3) is 0 Å². The molecule has 0 amide bonds. The van der Waals surface area contributed by atoms with E-state index >= 15 is 0 Å². The van der Waals surface area contributed by atoms with Gasteiger partial charge in [0.05, 0.1) is 10.6 Å². The fraction of sp³-hybridized carbons (Fsp3) is 0. The van der Waals surface area contributed by atoms with Gasteiger partial charge in [0.2, 0.25) is 0 Å². The monoisotopic (exact) mass is 267 g/mol. The Balaban J connectivity index is 2.26. The fourth-order valence-corrected chi connectivity index (χ4v) is 2.00. The zero-order chi connectivity index (χ0) is 13.0. The maximum atomic E-state index is 12.3. The molecule has 0 aliphatic carbocycles. The molecule has 1 N–H and O–H groups in total. The van der Waals surface area contributed by atoms with E-state index in [0.717, 1.165) is 6.08 Å². The van der Waals surface area contributed by atoms with Crippen molar-refractivity contribution in [2.75, 3.05) is 0 Å². The van der Waals surface area contributed by atoms with E-state index < -0.39 is 7.47 Å². The average molecular weight is 267 g/mol. The molecule has 0 unspecified atom stereocenters. The van der Waals surface area contributed by atoms with Crippen LogP contribution in [0.3, 0.4) is 0 Å². The number of hydrogen-bond donors (Lipinski definition) is 1. The van der Waals surface area contributed by atoms with Crippen LogP contribution < -0.4 is 0 Å². The number of allylic oxidation sites excluding steroid dienone is 1. The second-order valence-corrected chi connectivity index (χ2v) is 4.26. The van der Waals surface area contributed by atoms with Crippen LogP contribution in [0.2, 0.25) is 0 Å². The van der Waals surface area contributed by atoms with Crippen LogP contribution in [-0.2, 0) is 4.65 Å². The van der Waals surface area contributed by atoms with Gasteiger partial charge < -0.3 is 9.64 Å². The number of halogens is 2. The maximum absolute atomic E-state index is 12.3. The van der Waals surface area contributed by atoms with Crippen LogP contribution in [0.4, 0.5) is 8.63 Å². The standard InChI is InChI=1S/C11H8BF2NO2S/c13-12(14)17-10(8-3-1-5-15-8)7-9(16)11-4-2-6-18-11/h1-7,15H/b10-7+. The fourth-order valence-electron chi connectivity index (χ4n) is 1.36. The smallest absolute Gasteiger partial charge is 0.503 e. The van der Waals surface area contributed by atoms with E-state index in [9.17, 15) is 13.4 Å². The molecule has 0 fully saturated rings. The molecule has 2 rings (SSSR count). The summed E-state index contributed by atoms with van der Waals surface area (Å²) in [4.78, 5) is 15.0. The lowest BCUT2D eigenvalue weighted by molar-refractivity contribution is 0.105. The van der Waals surface area contributed by atoms with E-state index in [2.05, 4.69) is 9.64 Å². The summed E-state index contributed by atoms with van der Waals surface area (Å²) in [5.74, 6) is -0.538. The van der Waals surface area contributed by atoms with Crippen LogP contribution >= 0.6 is 11.3 Å². The Morgan fingerprint density at radius 1 is 1.39 bits per heavy atom. The number of hydrogen-bond acceptors (Lipinski definition) is 3. The average Bonchev–Trinajstić information content (AvgIpc) is 3.01. The first kappa shape index (κ1) is 12.6. The lowest BCUT2D eigenvalue weighted by Gasteiger charge is -2.05. The van der Waals surface area contributed by atoms with Crippen molar-refractivity contribution in [1.29, 1.82) is 0 Å². The molecule has 2 aromatic heterocycles. The molecule has 7 heteroatoms. The number of H-pyrrole nitrogens is 1. The Labute approximate surface area is 106 Å². The summed E-state index contributed by atoms with van der Waals surface area (Å²) in [6.07, 6.45) is 2.62. The highest BCUT2D eigenvalue weighted by atomic mass is 32.1. The van der Waals surface area contributed by atoms with Gasteiger partial charge in [-0.1, -0.05) is 6.07 Å². The molecular formula is C11H8BF2NO2S. The summed E-state index contributed by atoms with van der Waals surface area (Å²) in [6.45, 7) is 0. The van der Waals surface area contributed by atoms with Crippen LogP contribution in [0.15, 0.2) is 41.9 Å². The number of aromatic amines is 1. The van der Waals surface area contributed by atoms with Gasteiger partial charge in [-0.05, 0) is 23.6 Å². The molecule has 2 aromatic rings. The molecule has 92 valence electrons. The Bertz CT molecular complexity index is 537. The van der Waals surface area contributed by atoms with Gasteiger partial charge in [-0.25, -0.2) is 8.63 Å². The molecule has 0 bridgehead atoms. The van der Waals surface area contributed by atoms with Crippen molar-refractivity contribution in [3.05, 3.63) is 52.5 Å². The predicted octanol–water partition coefficient (Wildman–Crippen LogP) is 3.24. The number of thiophene rings is 1. The molecule has 3 nitrogen and oxygen atoms in total. The summed E-state index contributed by atoms with van der Waals surface area (Å²) >= 11 is 1.24. The highest BCUT2D eigenvalue weighted by Crippen LogP contribution is 2.18. The molecule has 2 heterocycles. The lowest BCUT2D eigenvalue weighted by Crippen LogP contribution is -2.06. The highest BCUT2D eigenvalue weighted by molar-refractivity contribution is 7.12. The summed E-state index contributed by atoms with van der Waals surface area (Å²) in [6, 6.07) is 6.52. The van der Waals surface area contributed by atoms with E-state index in [1.807, 2.05) is 0 Å². The van der Waals surface area contributed by atoms with Crippen molar-refractivity contribution in [1.82, 2.24) is 4.98 Å². The third kappa shape index (κ3) is 3.07. The first-order chi connectivity index (χ1) is 8.66. The third-order valence-corrected chi connectivity index (χ3v) is 2.99. The molecule has 0 spiro atoms. The molecule has 0 atom stereocenters. The molecule has 18 heavy (non-hydrogen) atoms. The Morgan fingerprint density at radius 3 is 2.78 bits per heavy atom. The molecular weight excluding hydrogens is 259 g/mol. The normalized spacial score (nSPS) is 11.3. The summed E-state index contributed by atoms with van der Waals surface area (Å²) < 4.78 is 28.9. The number of carbonyl (C=O) groups is 1. The Hall–Kier alpha value is -1.89. The van der Waals surface area contributed by atoms with Crippen LogP contribution in [0.25, 0.3) is 5.76 Å². The summed E-state index contributed by atoms with van der Waals surface area (Å²) in [5.41, 5.74) is 0.334. The van der Waals surface area contributed by atoms with Crippen molar-refractivity contribution < 1.29 is 18.1 Å². The second-order valence-electron chi connectivity index (χ2n) is 3.31. The highest BCUT2D eigenvalue weighted by Gasteiger charge is 2.21. The minimum Gasteiger partial charge on any atom is -0.503 e. The van der Waals surface area contributed by atoms with Crippen molar-refractivity contribution in [3.8, 4) is 0 Å². The number of carbonyl (C=O) groups excluding carboxylic acids is 1. The molecule has 0 radical (unpaired) electrons. The van der Waals surface area contributed by atoms with Crippen molar-refractivity contribution in [2.45, 2.75) is 0 Å². The lowest BCUT2D eigenvalue weighted by atomic mass is 10.2.